The van der Waals surface area contributed by atoms with E-state index in [0.29, 0.717) is 12.7 Å². The van der Waals surface area contributed by atoms with Crippen LogP contribution >= 0.6 is 11.8 Å². The lowest BCUT2D eigenvalue weighted by Gasteiger charge is -2.11. The first kappa shape index (κ1) is 12.6. The minimum Gasteiger partial charge on any atom is -0.494 e. The van der Waals surface area contributed by atoms with E-state index in [1.165, 1.54) is 6.42 Å². The number of ether oxygens (including phenoxy) is 2. The van der Waals surface area contributed by atoms with E-state index in [1.807, 2.05) is 25.1 Å². The van der Waals surface area contributed by atoms with Crippen molar-refractivity contribution in [2.24, 2.45) is 0 Å². The molecule has 17 heavy (non-hydrogen) atoms. The van der Waals surface area contributed by atoms with Crippen LogP contribution in [0.15, 0.2) is 23.1 Å². The maximum atomic E-state index is 5.95. The SMILES string of the molecule is CCOc1ccc(N)c(SCC2CCCO2)c1. The zero-order chi connectivity index (χ0) is 12.1. The van der Waals surface area contributed by atoms with E-state index >= 15 is 0 Å². The molecular formula is C13H19NO2S. The average Bonchev–Trinajstić information content (AvgIpc) is 2.83. The number of nitrogens with two attached hydrogens (primary N) is 1. The Balaban J connectivity index is 1.95. The molecule has 1 saturated heterocycles. The molecule has 0 aromatic heterocycles. The number of nitrogen functional groups attached to an aromatic ring is 1. The van der Waals surface area contributed by atoms with Gasteiger partial charge in [0.2, 0.25) is 0 Å². The van der Waals surface area contributed by atoms with Crippen LogP contribution in [0.1, 0.15) is 19.8 Å². The molecule has 3 nitrogen and oxygen atoms in total. The number of rotatable bonds is 5. The predicted octanol–water partition coefficient (Wildman–Crippen LogP) is 2.94. The third kappa shape index (κ3) is 3.54. The molecule has 4 heteroatoms. The molecule has 94 valence electrons. The molecule has 1 aromatic carbocycles. The van der Waals surface area contributed by atoms with Crippen LogP contribution in [0, 0.1) is 0 Å². The molecule has 1 aliphatic rings. The lowest BCUT2D eigenvalue weighted by Crippen LogP contribution is -2.08. The predicted molar refractivity (Wildman–Crippen MR) is 71.7 cm³/mol. The van der Waals surface area contributed by atoms with Gasteiger partial charge in [0.1, 0.15) is 5.75 Å². The van der Waals surface area contributed by atoms with E-state index in [-0.39, 0.29) is 0 Å². The number of benzene rings is 1. The van der Waals surface area contributed by atoms with Crippen molar-refractivity contribution < 1.29 is 9.47 Å². The molecule has 1 heterocycles. The number of hydrogen-bond acceptors (Lipinski definition) is 4. The van der Waals surface area contributed by atoms with Gasteiger partial charge in [-0.05, 0) is 38.0 Å². The number of anilines is 1. The van der Waals surface area contributed by atoms with Gasteiger partial charge in [-0.15, -0.1) is 11.8 Å². The van der Waals surface area contributed by atoms with Crippen LogP contribution in [-0.2, 0) is 4.74 Å². The summed E-state index contributed by atoms with van der Waals surface area (Å²) in [5, 5.41) is 0. The molecule has 0 aliphatic carbocycles. The molecule has 1 atom stereocenters. The molecule has 0 bridgehead atoms. The first-order valence-corrected chi connectivity index (χ1v) is 7.05. The molecule has 0 spiro atoms. The fourth-order valence-electron chi connectivity index (χ4n) is 1.85. The summed E-state index contributed by atoms with van der Waals surface area (Å²) in [6.07, 6.45) is 2.73. The van der Waals surface area contributed by atoms with Gasteiger partial charge in [-0.25, -0.2) is 0 Å². The third-order valence-electron chi connectivity index (χ3n) is 2.74. The lowest BCUT2D eigenvalue weighted by atomic mass is 10.3. The molecule has 2 rings (SSSR count). The summed E-state index contributed by atoms with van der Waals surface area (Å²) >= 11 is 1.75. The molecule has 0 radical (unpaired) electrons. The van der Waals surface area contributed by atoms with Crippen molar-refractivity contribution in [2.45, 2.75) is 30.8 Å². The third-order valence-corrected chi connectivity index (χ3v) is 3.95. The van der Waals surface area contributed by atoms with Crippen molar-refractivity contribution in [3.63, 3.8) is 0 Å². The van der Waals surface area contributed by atoms with Crippen molar-refractivity contribution in [2.75, 3.05) is 24.7 Å². The zero-order valence-corrected chi connectivity index (χ0v) is 11.0. The van der Waals surface area contributed by atoms with Crippen molar-refractivity contribution in [1.29, 1.82) is 0 Å². The van der Waals surface area contributed by atoms with E-state index in [0.717, 1.165) is 35.1 Å². The molecule has 1 fully saturated rings. The highest BCUT2D eigenvalue weighted by molar-refractivity contribution is 7.99. The van der Waals surface area contributed by atoms with Crippen LogP contribution in [0.25, 0.3) is 0 Å². The van der Waals surface area contributed by atoms with Crippen LogP contribution in [-0.4, -0.2) is 25.1 Å². The Labute approximate surface area is 107 Å². The lowest BCUT2D eigenvalue weighted by molar-refractivity contribution is 0.129. The fourth-order valence-corrected chi connectivity index (χ4v) is 2.92. The van der Waals surface area contributed by atoms with Crippen molar-refractivity contribution in [3.8, 4) is 5.75 Å². The Morgan fingerprint density at radius 3 is 3.12 bits per heavy atom. The normalized spacial score (nSPS) is 19.5. The minimum absolute atomic E-state index is 0.384. The zero-order valence-electron chi connectivity index (χ0n) is 10.1. The van der Waals surface area contributed by atoms with E-state index in [4.69, 9.17) is 15.2 Å². The summed E-state index contributed by atoms with van der Waals surface area (Å²) in [4.78, 5) is 1.09. The quantitative estimate of drug-likeness (QED) is 0.647. The molecule has 1 unspecified atom stereocenters. The van der Waals surface area contributed by atoms with Crippen LogP contribution in [0.3, 0.4) is 0 Å². The molecule has 1 aliphatic heterocycles. The highest BCUT2D eigenvalue weighted by atomic mass is 32.2. The summed E-state index contributed by atoms with van der Waals surface area (Å²) in [6.45, 7) is 3.56. The van der Waals surface area contributed by atoms with E-state index < -0.39 is 0 Å². The summed E-state index contributed by atoms with van der Waals surface area (Å²) < 4.78 is 11.1. The number of thioether (sulfide) groups is 1. The van der Waals surface area contributed by atoms with Gasteiger partial charge in [0.15, 0.2) is 0 Å². The highest BCUT2D eigenvalue weighted by Gasteiger charge is 2.16. The highest BCUT2D eigenvalue weighted by Crippen LogP contribution is 2.31. The van der Waals surface area contributed by atoms with Gasteiger partial charge in [-0.1, -0.05) is 0 Å². The van der Waals surface area contributed by atoms with E-state index in [2.05, 4.69) is 0 Å². The summed E-state index contributed by atoms with van der Waals surface area (Å²) in [5.41, 5.74) is 6.77. The van der Waals surface area contributed by atoms with Gasteiger partial charge in [0.25, 0.3) is 0 Å². The Morgan fingerprint density at radius 2 is 2.41 bits per heavy atom. The van der Waals surface area contributed by atoms with Gasteiger partial charge in [-0.3, -0.25) is 0 Å². The van der Waals surface area contributed by atoms with E-state index in [9.17, 15) is 0 Å². The largest absolute Gasteiger partial charge is 0.494 e. The maximum Gasteiger partial charge on any atom is 0.120 e. The van der Waals surface area contributed by atoms with Gasteiger partial charge in [0.05, 0.1) is 12.7 Å². The first-order chi connectivity index (χ1) is 8.29. The Bertz CT molecular complexity index is 364. The second-order valence-corrected chi connectivity index (χ2v) is 5.14. The van der Waals surface area contributed by atoms with Gasteiger partial charge >= 0.3 is 0 Å². The summed E-state index contributed by atoms with van der Waals surface area (Å²) in [6, 6.07) is 5.83. The fraction of sp³-hybridized carbons (Fsp3) is 0.538. The second kappa shape index (κ2) is 6.17. The summed E-state index contributed by atoms with van der Waals surface area (Å²) in [5.74, 6) is 1.86. The summed E-state index contributed by atoms with van der Waals surface area (Å²) in [7, 11) is 0. The number of hydrogen-bond donors (Lipinski definition) is 1. The Kier molecular flexibility index (Phi) is 4.57. The van der Waals surface area contributed by atoms with Gasteiger partial charge < -0.3 is 15.2 Å². The van der Waals surface area contributed by atoms with Crippen molar-refractivity contribution in [3.05, 3.63) is 18.2 Å². The van der Waals surface area contributed by atoms with Gasteiger partial charge in [0, 0.05) is 22.9 Å². The van der Waals surface area contributed by atoms with Crippen LogP contribution < -0.4 is 10.5 Å². The molecule has 0 amide bonds. The average molecular weight is 253 g/mol. The van der Waals surface area contributed by atoms with Gasteiger partial charge in [-0.2, -0.15) is 0 Å². The minimum atomic E-state index is 0.384. The molecule has 2 N–H and O–H groups in total. The topological polar surface area (TPSA) is 44.5 Å². The first-order valence-electron chi connectivity index (χ1n) is 6.06. The standard InChI is InChI=1S/C13H19NO2S/c1-2-15-10-5-6-12(14)13(8-10)17-9-11-4-3-7-16-11/h5-6,8,11H,2-4,7,9,14H2,1H3. The molecular weight excluding hydrogens is 234 g/mol. The van der Waals surface area contributed by atoms with Crippen molar-refractivity contribution >= 4 is 17.4 Å². The van der Waals surface area contributed by atoms with Crippen LogP contribution in [0.5, 0.6) is 5.75 Å². The van der Waals surface area contributed by atoms with Crippen LogP contribution in [0.4, 0.5) is 5.69 Å². The Morgan fingerprint density at radius 1 is 1.53 bits per heavy atom. The maximum absolute atomic E-state index is 5.95. The molecule has 1 aromatic rings. The monoisotopic (exact) mass is 253 g/mol. The molecule has 0 saturated carbocycles. The van der Waals surface area contributed by atoms with Crippen molar-refractivity contribution in [1.82, 2.24) is 0 Å². The van der Waals surface area contributed by atoms with Crippen LogP contribution in [0.2, 0.25) is 0 Å². The smallest absolute Gasteiger partial charge is 0.120 e. The Hall–Kier alpha value is -0.870. The van der Waals surface area contributed by atoms with E-state index in [1.54, 1.807) is 11.8 Å². The second-order valence-electron chi connectivity index (χ2n) is 4.08.